The van der Waals surface area contributed by atoms with Crippen LogP contribution in [-0.2, 0) is 4.79 Å². The number of halogens is 2. The molecule has 2 fully saturated rings. The van der Waals surface area contributed by atoms with Gasteiger partial charge in [0, 0.05) is 33.9 Å². The maximum Gasteiger partial charge on any atom is 0.137 e. The van der Waals surface area contributed by atoms with E-state index >= 15 is 0 Å². The first-order chi connectivity index (χ1) is 8.66. The second-order valence-corrected chi connectivity index (χ2v) is 6.87. The quantitative estimate of drug-likeness (QED) is 0.732. The summed E-state index contributed by atoms with van der Waals surface area (Å²) < 4.78 is 2.23. The monoisotopic (exact) mass is 371 g/mol. The second-order valence-electron chi connectivity index (χ2n) is 5.16. The summed E-state index contributed by atoms with van der Waals surface area (Å²) in [7, 11) is 0. The van der Waals surface area contributed by atoms with Gasteiger partial charge in [-0.15, -0.1) is 0 Å². The zero-order valence-electron chi connectivity index (χ0n) is 10.0. The lowest BCUT2D eigenvalue weighted by Crippen LogP contribution is -2.52. The average molecular weight is 373 g/mol. The van der Waals surface area contributed by atoms with Gasteiger partial charge >= 0.3 is 0 Å². The number of ketones is 1. The van der Waals surface area contributed by atoms with E-state index in [0.29, 0.717) is 30.7 Å². The van der Waals surface area contributed by atoms with Crippen molar-refractivity contribution in [3.05, 3.63) is 27.1 Å². The Bertz CT molecular complexity index is 452. The van der Waals surface area contributed by atoms with E-state index < -0.39 is 0 Å². The van der Waals surface area contributed by atoms with Crippen LogP contribution in [-0.4, -0.2) is 17.9 Å². The largest absolute Gasteiger partial charge is 0.363 e. The number of carbonyl (C=O) groups excluding carboxylic acids is 1. The van der Waals surface area contributed by atoms with Crippen LogP contribution in [0.25, 0.3) is 0 Å². The van der Waals surface area contributed by atoms with Gasteiger partial charge in [0.1, 0.15) is 5.78 Å². The Hall–Kier alpha value is -0.350. The molecule has 3 rings (SSSR count). The summed E-state index contributed by atoms with van der Waals surface area (Å²) in [4.78, 5) is 14.2. The van der Waals surface area contributed by atoms with Gasteiger partial charge in [-0.1, -0.05) is 6.07 Å². The summed E-state index contributed by atoms with van der Waals surface area (Å²) in [6.07, 6.45) is 4.95. The first kappa shape index (κ1) is 12.7. The molecule has 0 aromatic heterocycles. The molecule has 0 saturated carbocycles. The van der Waals surface area contributed by atoms with Gasteiger partial charge in [-0.3, -0.25) is 4.79 Å². The molecule has 0 amide bonds. The molecule has 2 aliphatic rings. The molecule has 18 heavy (non-hydrogen) atoms. The van der Waals surface area contributed by atoms with E-state index in [1.807, 2.05) is 6.07 Å². The average Bonchev–Trinajstić information content (AvgIpc) is 2.29. The molecule has 0 aliphatic carbocycles. The number of rotatable bonds is 1. The van der Waals surface area contributed by atoms with Crippen molar-refractivity contribution in [2.75, 3.05) is 4.90 Å². The molecule has 2 atom stereocenters. The van der Waals surface area contributed by atoms with E-state index in [0.717, 1.165) is 21.8 Å². The van der Waals surface area contributed by atoms with Crippen LogP contribution in [0.3, 0.4) is 0 Å². The van der Waals surface area contributed by atoms with Crippen molar-refractivity contribution in [2.45, 2.75) is 44.2 Å². The number of hydrogen-bond donors (Lipinski definition) is 0. The van der Waals surface area contributed by atoms with Crippen molar-refractivity contribution in [1.29, 1.82) is 0 Å². The predicted molar refractivity (Wildman–Crippen MR) is 80.0 cm³/mol. The van der Waals surface area contributed by atoms with Gasteiger partial charge in [-0.05, 0) is 63.3 Å². The Balaban J connectivity index is 2.03. The van der Waals surface area contributed by atoms with Crippen molar-refractivity contribution in [1.82, 2.24) is 0 Å². The van der Waals surface area contributed by atoms with Crippen LogP contribution in [0.15, 0.2) is 27.1 Å². The molecule has 1 aromatic rings. The number of Topliss-reactive ketones (excluding diaryl/α,β-unsaturated/α-hetero) is 1. The van der Waals surface area contributed by atoms with Crippen LogP contribution in [0, 0.1) is 0 Å². The lowest BCUT2D eigenvalue weighted by Gasteiger charge is -2.47. The summed E-state index contributed by atoms with van der Waals surface area (Å²) >= 11 is 7.30. The summed E-state index contributed by atoms with van der Waals surface area (Å²) in [6, 6.07) is 6.96. The van der Waals surface area contributed by atoms with Crippen LogP contribution < -0.4 is 4.90 Å². The Morgan fingerprint density at radius 3 is 2.17 bits per heavy atom. The predicted octanol–water partition coefficient (Wildman–Crippen LogP) is 4.30. The fourth-order valence-electron chi connectivity index (χ4n) is 3.28. The van der Waals surface area contributed by atoms with Crippen LogP contribution in [0.4, 0.5) is 5.69 Å². The maximum absolute atomic E-state index is 11.8. The highest BCUT2D eigenvalue weighted by atomic mass is 79.9. The van der Waals surface area contributed by atoms with Crippen LogP contribution >= 0.6 is 31.9 Å². The molecule has 1 aromatic carbocycles. The van der Waals surface area contributed by atoms with Gasteiger partial charge in [0.2, 0.25) is 0 Å². The molecular formula is C14H15Br2NO. The topological polar surface area (TPSA) is 20.3 Å². The molecule has 2 aliphatic heterocycles. The Labute approximate surface area is 124 Å². The molecule has 2 unspecified atom stereocenters. The molecule has 2 bridgehead atoms. The molecule has 2 saturated heterocycles. The van der Waals surface area contributed by atoms with E-state index in [1.54, 1.807) is 0 Å². The highest BCUT2D eigenvalue weighted by molar-refractivity contribution is 9.11. The number of anilines is 1. The Morgan fingerprint density at radius 2 is 1.61 bits per heavy atom. The maximum atomic E-state index is 11.8. The van der Waals surface area contributed by atoms with Crippen LogP contribution in [0.2, 0.25) is 0 Å². The standard InChI is InChI=1S/C14H15Br2NO/c15-12-5-2-6-13(16)14(12)17-9-3-1-4-10(17)8-11(18)7-9/h2,5-6,9-10H,1,3-4,7-8H2. The SMILES string of the molecule is O=C1CC2CCCC(C1)N2c1c(Br)cccc1Br. The highest BCUT2D eigenvalue weighted by Crippen LogP contribution is 2.43. The molecule has 0 spiro atoms. The third-order valence-corrected chi connectivity index (χ3v) is 5.26. The van der Waals surface area contributed by atoms with E-state index in [9.17, 15) is 4.79 Å². The molecule has 4 heteroatoms. The Kier molecular flexibility index (Phi) is 3.50. The number of piperidine rings is 2. The van der Waals surface area contributed by atoms with Crippen molar-refractivity contribution in [3.63, 3.8) is 0 Å². The van der Waals surface area contributed by atoms with Crippen molar-refractivity contribution in [3.8, 4) is 0 Å². The summed E-state index contributed by atoms with van der Waals surface area (Å²) in [5.41, 5.74) is 1.22. The zero-order valence-corrected chi connectivity index (χ0v) is 13.2. The minimum absolute atomic E-state index is 0.389. The molecule has 2 nitrogen and oxygen atoms in total. The van der Waals surface area contributed by atoms with Gasteiger partial charge < -0.3 is 4.90 Å². The van der Waals surface area contributed by atoms with E-state index in [4.69, 9.17) is 0 Å². The Morgan fingerprint density at radius 1 is 1.06 bits per heavy atom. The summed E-state index contributed by atoms with van der Waals surface area (Å²) in [6.45, 7) is 0. The van der Waals surface area contributed by atoms with Crippen molar-refractivity contribution in [2.24, 2.45) is 0 Å². The summed E-state index contributed by atoms with van der Waals surface area (Å²) in [5.74, 6) is 0.434. The number of benzene rings is 1. The molecular weight excluding hydrogens is 358 g/mol. The lowest BCUT2D eigenvalue weighted by atomic mass is 9.83. The normalized spacial score (nSPS) is 27.4. The van der Waals surface area contributed by atoms with Gasteiger partial charge in [-0.25, -0.2) is 0 Å². The van der Waals surface area contributed by atoms with E-state index in [-0.39, 0.29) is 0 Å². The minimum atomic E-state index is 0.389. The number of fused-ring (bicyclic) bond motifs is 2. The van der Waals surface area contributed by atoms with Gasteiger partial charge in [0.25, 0.3) is 0 Å². The third kappa shape index (κ3) is 2.14. The molecule has 0 radical (unpaired) electrons. The number of carbonyl (C=O) groups is 1. The van der Waals surface area contributed by atoms with Crippen molar-refractivity contribution < 1.29 is 4.79 Å². The first-order valence-corrected chi connectivity index (χ1v) is 7.99. The number of para-hydroxylation sites is 1. The third-order valence-electron chi connectivity index (χ3n) is 3.98. The second kappa shape index (κ2) is 4.97. The smallest absolute Gasteiger partial charge is 0.137 e. The summed E-state index contributed by atoms with van der Waals surface area (Å²) in [5, 5.41) is 0. The van der Waals surface area contributed by atoms with Gasteiger partial charge in [0.15, 0.2) is 0 Å². The van der Waals surface area contributed by atoms with Crippen LogP contribution in [0.5, 0.6) is 0 Å². The molecule has 0 N–H and O–H groups in total. The van der Waals surface area contributed by atoms with E-state index in [2.05, 4.69) is 48.9 Å². The van der Waals surface area contributed by atoms with Crippen molar-refractivity contribution >= 4 is 43.3 Å². The molecule has 2 heterocycles. The van der Waals surface area contributed by atoms with Gasteiger partial charge in [0.05, 0.1) is 5.69 Å². The van der Waals surface area contributed by atoms with Gasteiger partial charge in [-0.2, -0.15) is 0 Å². The number of hydrogen-bond acceptors (Lipinski definition) is 2. The zero-order chi connectivity index (χ0) is 12.7. The molecule has 96 valence electrons. The first-order valence-electron chi connectivity index (χ1n) is 6.41. The van der Waals surface area contributed by atoms with Crippen LogP contribution in [0.1, 0.15) is 32.1 Å². The van der Waals surface area contributed by atoms with E-state index in [1.165, 1.54) is 12.1 Å². The fraction of sp³-hybridized carbons (Fsp3) is 0.500. The number of nitrogens with zero attached hydrogens (tertiary/aromatic N) is 1. The highest BCUT2D eigenvalue weighted by Gasteiger charge is 2.38. The minimum Gasteiger partial charge on any atom is -0.363 e. The fourth-order valence-corrected chi connectivity index (χ4v) is 4.68. The lowest BCUT2D eigenvalue weighted by molar-refractivity contribution is -0.121.